The van der Waals surface area contributed by atoms with E-state index >= 15 is 0 Å². The zero-order valence-corrected chi connectivity index (χ0v) is 20.5. The van der Waals surface area contributed by atoms with Crippen molar-refractivity contribution in [1.29, 1.82) is 0 Å². The van der Waals surface area contributed by atoms with Gasteiger partial charge in [-0.15, -0.1) is 0 Å². The molecule has 2 aliphatic heterocycles. The second-order valence-corrected chi connectivity index (χ2v) is 13.2. The smallest absolute Gasteiger partial charge is 0.0135 e. The normalized spacial score (nSPS) is 51.3. The minimum atomic E-state index is 0.528. The average molecular weight is 425 g/mol. The molecule has 0 spiro atoms. The average Bonchev–Trinajstić information content (AvgIpc) is 3.28. The van der Waals surface area contributed by atoms with Crippen molar-refractivity contribution in [3.05, 3.63) is 11.6 Å². The highest BCUT2D eigenvalue weighted by atomic mass is 15.2. The van der Waals surface area contributed by atoms with Crippen LogP contribution < -0.4 is 5.73 Å². The molecule has 174 valence electrons. The molecule has 2 heteroatoms. The van der Waals surface area contributed by atoms with Gasteiger partial charge in [0, 0.05) is 12.1 Å². The van der Waals surface area contributed by atoms with Gasteiger partial charge in [0.15, 0.2) is 0 Å². The Morgan fingerprint density at radius 1 is 1.00 bits per heavy atom. The Bertz CT molecular complexity index is 714. The Hall–Kier alpha value is -0.340. The van der Waals surface area contributed by atoms with Crippen LogP contribution in [-0.4, -0.2) is 30.1 Å². The molecule has 0 aromatic heterocycles. The van der Waals surface area contributed by atoms with Crippen LogP contribution in [0.5, 0.6) is 0 Å². The molecule has 0 aromatic carbocycles. The molecule has 9 unspecified atom stereocenters. The van der Waals surface area contributed by atoms with Gasteiger partial charge in [0.1, 0.15) is 0 Å². The van der Waals surface area contributed by atoms with Crippen LogP contribution in [-0.2, 0) is 0 Å². The molecule has 9 atom stereocenters. The van der Waals surface area contributed by atoms with Gasteiger partial charge in [0.25, 0.3) is 0 Å². The van der Waals surface area contributed by atoms with E-state index in [1.807, 2.05) is 5.57 Å². The lowest BCUT2D eigenvalue weighted by Gasteiger charge is -2.58. The van der Waals surface area contributed by atoms with Gasteiger partial charge >= 0.3 is 0 Å². The van der Waals surface area contributed by atoms with E-state index in [1.165, 1.54) is 90.0 Å². The Balaban J connectivity index is 1.21. The molecular formula is C29H48N2. The molecule has 31 heavy (non-hydrogen) atoms. The van der Waals surface area contributed by atoms with Crippen molar-refractivity contribution >= 4 is 0 Å². The van der Waals surface area contributed by atoms with Crippen molar-refractivity contribution < 1.29 is 0 Å². The quantitative estimate of drug-likeness (QED) is 0.410. The molecule has 0 aromatic rings. The molecule has 6 rings (SSSR count). The molecular weight excluding hydrogens is 376 g/mol. The predicted octanol–water partition coefficient (Wildman–Crippen LogP) is 6.55. The van der Waals surface area contributed by atoms with E-state index in [0.717, 1.165) is 48.2 Å². The number of hydrogen-bond acceptors (Lipinski definition) is 2. The van der Waals surface area contributed by atoms with Gasteiger partial charge in [0.2, 0.25) is 0 Å². The first-order chi connectivity index (χ1) is 15.0. The maximum Gasteiger partial charge on any atom is 0.0135 e. The highest BCUT2D eigenvalue weighted by Gasteiger charge is 2.64. The third kappa shape index (κ3) is 3.17. The van der Waals surface area contributed by atoms with E-state index in [4.69, 9.17) is 5.73 Å². The SMILES string of the molecule is CC12CCC(CCCCN)CC1=CCC1C2CCC2(C)C1CC1C2CC2CCCCN21. The van der Waals surface area contributed by atoms with Gasteiger partial charge in [-0.25, -0.2) is 0 Å². The van der Waals surface area contributed by atoms with Gasteiger partial charge in [-0.05, 0) is 124 Å². The summed E-state index contributed by atoms with van der Waals surface area (Å²) in [6.45, 7) is 7.74. The zero-order chi connectivity index (χ0) is 21.2. The number of fused-ring (bicyclic) bond motifs is 9. The van der Waals surface area contributed by atoms with Crippen LogP contribution in [0.25, 0.3) is 0 Å². The molecule has 2 saturated heterocycles. The Labute approximate surface area is 191 Å². The third-order valence-electron chi connectivity index (χ3n) is 12.1. The van der Waals surface area contributed by atoms with Gasteiger partial charge in [-0.1, -0.05) is 44.8 Å². The Kier molecular flexibility index (Phi) is 5.38. The van der Waals surface area contributed by atoms with Crippen LogP contribution >= 0.6 is 0 Å². The zero-order valence-electron chi connectivity index (χ0n) is 20.5. The largest absolute Gasteiger partial charge is 0.330 e. The summed E-state index contributed by atoms with van der Waals surface area (Å²) < 4.78 is 0. The highest BCUT2D eigenvalue weighted by molar-refractivity contribution is 5.26. The Morgan fingerprint density at radius 2 is 1.90 bits per heavy atom. The fraction of sp³-hybridized carbons (Fsp3) is 0.931. The van der Waals surface area contributed by atoms with Crippen molar-refractivity contribution in [2.75, 3.05) is 13.1 Å². The second-order valence-electron chi connectivity index (χ2n) is 13.2. The molecule has 3 saturated carbocycles. The maximum atomic E-state index is 5.75. The van der Waals surface area contributed by atoms with Crippen LogP contribution in [0.2, 0.25) is 0 Å². The van der Waals surface area contributed by atoms with Crippen LogP contribution in [0.4, 0.5) is 0 Å². The molecule has 6 aliphatic rings. The van der Waals surface area contributed by atoms with Crippen molar-refractivity contribution in [3.63, 3.8) is 0 Å². The molecule has 2 nitrogen and oxygen atoms in total. The lowest BCUT2D eigenvalue weighted by Crippen LogP contribution is -2.50. The van der Waals surface area contributed by atoms with E-state index in [2.05, 4.69) is 24.8 Å². The number of nitrogens with two attached hydrogens (primary N) is 1. The van der Waals surface area contributed by atoms with Crippen LogP contribution in [0.1, 0.15) is 104 Å². The van der Waals surface area contributed by atoms with Crippen LogP contribution in [0.3, 0.4) is 0 Å². The fourth-order valence-corrected chi connectivity index (χ4v) is 10.5. The van der Waals surface area contributed by atoms with E-state index in [9.17, 15) is 0 Å². The van der Waals surface area contributed by atoms with E-state index < -0.39 is 0 Å². The molecule has 4 aliphatic carbocycles. The van der Waals surface area contributed by atoms with Crippen molar-refractivity contribution in [2.24, 2.45) is 46.2 Å². The number of allylic oxidation sites excluding steroid dienone is 2. The lowest BCUT2D eigenvalue weighted by molar-refractivity contribution is -0.0457. The molecule has 0 bridgehead atoms. The van der Waals surface area contributed by atoms with Gasteiger partial charge < -0.3 is 5.73 Å². The summed E-state index contributed by atoms with van der Waals surface area (Å²) in [5.41, 5.74) is 8.81. The Morgan fingerprint density at radius 3 is 2.77 bits per heavy atom. The first kappa shape index (κ1) is 21.2. The van der Waals surface area contributed by atoms with Crippen LogP contribution in [0.15, 0.2) is 11.6 Å². The summed E-state index contributed by atoms with van der Waals surface area (Å²) in [7, 11) is 0. The summed E-state index contributed by atoms with van der Waals surface area (Å²) in [4.78, 5) is 3.02. The maximum absolute atomic E-state index is 5.75. The molecule has 5 fully saturated rings. The van der Waals surface area contributed by atoms with Gasteiger partial charge in [-0.2, -0.15) is 0 Å². The van der Waals surface area contributed by atoms with E-state index in [0.29, 0.717) is 10.8 Å². The standard InChI is InChI=1S/C29H48N2/c1-28-13-11-20(7-3-5-15-30)17-21(28)9-10-23-24(28)12-14-29(2)25(23)19-27-26(29)18-22-8-4-6-16-31(22)27/h9,20,22-27H,3-8,10-19,30H2,1-2H3. The van der Waals surface area contributed by atoms with Gasteiger partial charge in [-0.3, -0.25) is 4.90 Å². The number of nitrogens with zero attached hydrogens (tertiary/aromatic N) is 1. The molecule has 0 radical (unpaired) electrons. The number of hydrogen-bond donors (Lipinski definition) is 1. The summed E-state index contributed by atoms with van der Waals surface area (Å²) >= 11 is 0. The van der Waals surface area contributed by atoms with E-state index in [-0.39, 0.29) is 0 Å². The van der Waals surface area contributed by atoms with Crippen molar-refractivity contribution in [2.45, 2.75) is 116 Å². The molecule has 2 N–H and O–H groups in total. The number of piperidine rings is 1. The predicted molar refractivity (Wildman–Crippen MR) is 130 cm³/mol. The first-order valence-corrected chi connectivity index (χ1v) is 14.2. The minimum absolute atomic E-state index is 0.528. The van der Waals surface area contributed by atoms with Crippen LogP contribution in [0, 0.1) is 40.4 Å². The topological polar surface area (TPSA) is 29.3 Å². The van der Waals surface area contributed by atoms with Crippen molar-refractivity contribution in [1.82, 2.24) is 4.90 Å². The fourth-order valence-electron chi connectivity index (χ4n) is 10.5. The third-order valence-corrected chi connectivity index (χ3v) is 12.1. The van der Waals surface area contributed by atoms with Gasteiger partial charge in [0.05, 0.1) is 0 Å². The number of unbranched alkanes of at least 4 members (excludes halogenated alkanes) is 1. The minimum Gasteiger partial charge on any atom is -0.330 e. The summed E-state index contributed by atoms with van der Waals surface area (Å²) in [5.74, 6) is 4.92. The van der Waals surface area contributed by atoms with Crippen molar-refractivity contribution in [3.8, 4) is 0 Å². The monoisotopic (exact) mass is 424 g/mol. The summed E-state index contributed by atoms with van der Waals surface area (Å²) in [5, 5.41) is 0. The van der Waals surface area contributed by atoms with E-state index in [1.54, 1.807) is 6.42 Å². The lowest BCUT2D eigenvalue weighted by atomic mass is 9.46. The second kappa shape index (κ2) is 7.86. The summed E-state index contributed by atoms with van der Waals surface area (Å²) in [6, 6.07) is 1.89. The first-order valence-electron chi connectivity index (χ1n) is 14.2. The highest BCUT2D eigenvalue weighted by Crippen LogP contribution is 2.69. The molecule has 2 heterocycles. The molecule has 0 amide bonds. The number of rotatable bonds is 4. The summed E-state index contributed by atoms with van der Waals surface area (Å²) in [6.07, 6.45) is 23.1.